The summed E-state index contributed by atoms with van der Waals surface area (Å²) in [5.41, 5.74) is 3.45. The van der Waals surface area contributed by atoms with Crippen LogP contribution in [0.5, 0.6) is 11.5 Å². The quantitative estimate of drug-likeness (QED) is 0.869. The van der Waals surface area contributed by atoms with Crippen LogP contribution in [0.4, 0.5) is 5.69 Å². The molecule has 1 aliphatic rings. The summed E-state index contributed by atoms with van der Waals surface area (Å²) in [6.45, 7) is 4.14. The number of nitrogens with one attached hydrogen (secondary N) is 1. The number of fused-ring (bicyclic) bond motifs is 1. The fraction of sp³-hybridized carbons (Fsp3) is 0.294. The Morgan fingerprint density at radius 3 is 3.00 bits per heavy atom. The lowest BCUT2D eigenvalue weighted by Gasteiger charge is -2.14. The first kappa shape index (κ1) is 14.3. The molecule has 3 rings (SSSR count). The van der Waals surface area contributed by atoms with E-state index >= 15 is 0 Å². The molecule has 0 amide bonds. The van der Waals surface area contributed by atoms with E-state index in [2.05, 4.69) is 33.4 Å². The van der Waals surface area contributed by atoms with E-state index in [-0.39, 0.29) is 0 Å². The van der Waals surface area contributed by atoms with Gasteiger partial charge in [0.25, 0.3) is 0 Å². The smallest absolute Gasteiger partial charge is 0.142 e. The normalized spacial score (nSPS) is 12.7. The summed E-state index contributed by atoms with van der Waals surface area (Å²) in [6.07, 6.45) is 0.983. The van der Waals surface area contributed by atoms with Crippen molar-refractivity contribution in [3.63, 3.8) is 0 Å². The predicted molar refractivity (Wildman–Crippen MR) is 88.3 cm³/mol. The molecule has 0 atom stereocenters. The first-order valence-corrected chi connectivity index (χ1v) is 7.97. The minimum atomic E-state index is 0.661. The molecule has 0 fully saturated rings. The van der Waals surface area contributed by atoms with Crippen molar-refractivity contribution in [3.05, 3.63) is 52.0 Å². The van der Waals surface area contributed by atoms with Crippen LogP contribution in [0.2, 0.25) is 0 Å². The van der Waals surface area contributed by atoms with E-state index in [1.807, 2.05) is 31.2 Å². The molecule has 3 nitrogen and oxygen atoms in total. The molecule has 0 saturated carbocycles. The van der Waals surface area contributed by atoms with E-state index in [0.29, 0.717) is 13.2 Å². The van der Waals surface area contributed by atoms with Crippen LogP contribution in [-0.4, -0.2) is 13.2 Å². The zero-order valence-electron chi connectivity index (χ0n) is 12.0. The number of hydrogen-bond acceptors (Lipinski definition) is 3. The van der Waals surface area contributed by atoms with Crippen molar-refractivity contribution in [1.29, 1.82) is 0 Å². The predicted octanol–water partition coefficient (Wildman–Crippen LogP) is 4.39. The molecule has 0 aliphatic carbocycles. The summed E-state index contributed by atoms with van der Waals surface area (Å²) in [5, 5.41) is 3.45. The third-order valence-electron chi connectivity index (χ3n) is 3.48. The summed E-state index contributed by atoms with van der Waals surface area (Å²) in [5.74, 6) is 1.91. The monoisotopic (exact) mass is 347 g/mol. The van der Waals surface area contributed by atoms with Gasteiger partial charge in [-0.05, 0) is 36.8 Å². The fourth-order valence-electron chi connectivity index (χ4n) is 2.56. The van der Waals surface area contributed by atoms with Crippen LogP contribution in [0.15, 0.2) is 40.9 Å². The van der Waals surface area contributed by atoms with Gasteiger partial charge < -0.3 is 14.8 Å². The second-order valence-electron chi connectivity index (χ2n) is 4.93. The molecule has 1 N–H and O–H groups in total. The summed E-state index contributed by atoms with van der Waals surface area (Å²) in [6, 6.07) is 12.3. The summed E-state index contributed by atoms with van der Waals surface area (Å²) < 4.78 is 12.5. The van der Waals surface area contributed by atoms with E-state index in [1.165, 1.54) is 11.1 Å². The van der Waals surface area contributed by atoms with E-state index in [1.54, 1.807) is 0 Å². The Morgan fingerprint density at radius 1 is 1.29 bits per heavy atom. The highest BCUT2D eigenvalue weighted by Crippen LogP contribution is 2.34. The van der Waals surface area contributed by atoms with Gasteiger partial charge in [0.2, 0.25) is 0 Å². The highest BCUT2D eigenvalue weighted by Gasteiger charge is 2.17. The second-order valence-corrected chi connectivity index (χ2v) is 5.85. The number of ether oxygens (including phenoxy) is 2. The average Bonchev–Trinajstić information content (AvgIpc) is 2.94. The number of para-hydroxylation sites is 2. The lowest BCUT2D eigenvalue weighted by molar-refractivity contribution is 0.341. The van der Waals surface area contributed by atoms with Crippen molar-refractivity contribution in [2.24, 2.45) is 0 Å². The van der Waals surface area contributed by atoms with Gasteiger partial charge in [-0.3, -0.25) is 0 Å². The topological polar surface area (TPSA) is 30.5 Å². The molecule has 4 heteroatoms. The molecule has 2 aromatic carbocycles. The third kappa shape index (κ3) is 3.16. The van der Waals surface area contributed by atoms with Crippen molar-refractivity contribution in [1.82, 2.24) is 0 Å². The van der Waals surface area contributed by atoms with E-state index < -0.39 is 0 Å². The van der Waals surface area contributed by atoms with Crippen molar-refractivity contribution < 1.29 is 9.47 Å². The lowest BCUT2D eigenvalue weighted by atomic mass is 10.1. The Hall–Kier alpha value is -1.68. The van der Waals surface area contributed by atoms with Crippen LogP contribution in [-0.2, 0) is 13.0 Å². The van der Waals surface area contributed by atoms with Gasteiger partial charge in [-0.1, -0.05) is 28.1 Å². The van der Waals surface area contributed by atoms with Gasteiger partial charge in [0.15, 0.2) is 0 Å². The number of halogens is 1. The largest absolute Gasteiger partial charge is 0.493 e. The van der Waals surface area contributed by atoms with Crippen LogP contribution in [0.3, 0.4) is 0 Å². The van der Waals surface area contributed by atoms with Crippen molar-refractivity contribution in [2.75, 3.05) is 18.5 Å². The molecule has 0 saturated heterocycles. The Bertz CT molecular complexity index is 643. The standard InChI is InChI=1S/C17H18BrNO2/c1-2-20-16-6-4-3-5-15(16)19-11-13-10-14(18)9-12-7-8-21-17(12)13/h3-6,9-10,19H,2,7-8,11H2,1H3. The summed E-state index contributed by atoms with van der Waals surface area (Å²) >= 11 is 3.57. The first-order valence-electron chi connectivity index (χ1n) is 7.17. The van der Waals surface area contributed by atoms with Crippen LogP contribution in [0.1, 0.15) is 18.1 Å². The minimum absolute atomic E-state index is 0.661. The lowest BCUT2D eigenvalue weighted by Crippen LogP contribution is -2.04. The number of anilines is 1. The molecule has 0 radical (unpaired) electrons. The highest BCUT2D eigenvalue weighted by atomic mass is 79.9. The van der Waals surface area contributed by atoms with E-state index in [0.717, 1.165) is 34.7 Å². The summed E-state index contributed by atoms with van der Waals surface area (Å²) in [7, 11) is 0. The molecular weight excluding hydrogens is 330 g/mol. The number of rotatable bonds is 5. The molecule has 1 heterocycles. The highest BCUT2D eigenvalue weighted by molar-refractivity contribution is 9.10. The molecule has 0 aromatic heterocycles. The number of benzene rings is 2. The second kappa shape index (κ2) is 6.39. The number of hydrogen-bond donors (Lipinski definition) is 1. The molecule has 0 bridgehead atoms. The van der Waals surface area contributed by atoms with Gasteiger partial charge >= 0.3 is 0 Å². The first-order chi connectivity index (χ1) is 10.3. The van der Waals surface area contributed by atoms with Gasteiger partial charge in [0.05, 0.1) is 18.9 Å². The van der Waals surface area contributed by atoms with Crippen LogP contribution >= 0.6 is 15.9 Å². The molecule has 1 aliphatic heterocycles. The molecule has 2 aromatic rings. The Morgan fingerprint density at radius 2 is 2.14 bits per heavy atom. The summed E-state index contributed by atoms with van der Waals surface area (Å²) in [4.78, 5) is 0. The SMILES string of the molecule is CCOc1ccccc1NCc1cc(Br)cc2c1OCC2. The van der Waals surface area contributed by atoms with Gasteiger partial charge in [0.1, 0.15) is 11.5 Å². The van der Waals surface area contributed by atoms with Crippen molar-refractivity contribution in [3.8, 4) is 11.5 Å². The van der Waals surface area contributed by atoms with E-state index in [9.17, 15) is 0 Å². The van der Waals surface area contributed by atoms with E-state index in [4.69, 9.17) is 9.47 Å². The average molecular weight is 348 g/mol. The van der Waals surface area contributed by atoms with Gasteiger partial charge in [-0.15, -0.1) is 0 Å². The fourth-order valence-corrected chi connectivity index (χ4v) is 3.11. The molecule has 21 heavy (non-hydrogen) atoms. The van der Waals surface area contributed by atoms with Crippen LogP contribution in [0, 0.1) is 0 Å². The Balaban J connectivity index is 1.80. The van der Waals surface area contributed by atoms with Crippen LogP contribution < -0.4 is 14.8 Å². The molecule has 0 spiro atoms. The van der Waals surface area contributed by atoms with Gasteiger partial charge in [0, 0.05) is 23.0 Å². The maximum absolute atomic E-state index is 5.76. The Labute approximate surface area is 133 Å². The van der Waals surface area contributed by atoms with Gasteiger partial charge in [-0.2, -0.15) is 0 Å². The Kier molecular flexibility index (Phi) is 4.34. The zero-order chi connectivity index (χ0) is 14.7. The van der Waals surface area contributed by atoms with Crippen LogP contribution in [0.25, 0.3) is 0 Å². The molecule has 0 unspecified atom stereocenters. The zero-order valence-corrected chi connectivity index (χ0v) is 13.6. The maximum atomic E-state index is 5.76. The third-order valence-corrected chi connectivity index (χ3v) is 3.94. The molecular formula is C17H18BrNO2. The maximum Gasteiger partial charge on any atom is 0.142 e. The van der Waals surface area contributed by atoms with Crippen molar-refractivity contribution in [2.45, 2.75) is 19.9 Å². The molecule has 110 valence electrons. The van der Waals surface area contributed by atoms with Gasteiger partial charge in [-0.25, -0.2) is 0 Å². The minimum Gasteiger partial charge on any atom is -0.493 e. The van der Waals surface area contributed by atoms with Crippen molar-refractivity contribution >= 4 is 21.6 Å².